The Bertz CT molecular complexity index is 759. The van der Waals surface area contributed by atoms with Gasteiger partial charge in [-0.05, 0) is 36.2 Å². The van der Waals surface area contributed by atoms with Crippen molar-refractivity contribution in [3.05, 3.63) is 70.6 Å². The Balaban J connectivity index is 2.09. The lowest BCUT2D eigenvalue weighted by Gasteiger charge is -2.11. The first-order valence-corrected chi connectivity index (χ1v) is 7.22. The van der Waals surface area contributed by atoms with Crippen LogP contribution in [0.2, 0.25) is 5.02 Å². The molecule has 0 bridgehead atoms. The van der Waals surface area contributed by atoms with Gasteiger partial charge >= 0.3 is 0 Å². The van der Waals surface area contributed by atoms with Gasteiger partial charge in [-0.15, -0.1) is 0 Å². The molecular formula is C17H16ClFN2. The van der Waals surface area contributed by atoms with Crippen molar-refractivity contribution in [2.24, 2.45) is 0 Å². The molecule has 0 atom stereocenters. The first kappa shape index (κ1) is 14.1. The number of para-hydroxylation sites is 1. The van der Waals surface area contributed by atoms with Gasteiger partial charge in [0.05, 0.1) is 12.1 Å². The van der Waals surface area contributed by atoms with E-state index in [1.807, 2.05) is 29.9 Å². The van der Waals surface area contributed by atoms with Crippen molar-refractivity contribution in [3.63, 3.8) is 0 Å². The van der Waals surface area contributed by atoms with Gasteiger partial charge in [0.25, 0.3) is 0 Å². The van der Waals surface area contributed by atoms with Gasteiger partial charge in [-0.25, -0.2) is 4.39 Å². The van der Waals surface area contributed by atoms with Gasteiger partial charge in [-0.3, -0.25) is 0 Å². The normalized spacial score (nSPS) is 11.2. The monoisotopic (exact) mass is 302 g/mol. The first-order valence-electron chi connectivity index (χ1n) is 6.85. The van der Waals surface area contributed by atoms with E-state index >= 15 is 0 Å². The van der Waals surface area contributed by atoms with Crippen LogP contribution in [0.3, 0.4) is 0 Å². The third kappa shape index (κ3) is 2.67. The minimum atomic E-state index is -0.268. The van der Waals surface area contributed by atoms with E-state index in [0.29, 0.717) is 17.1 Å². The molecular weight excluding hydrogens is 287 g/mol. The number of halogens is 2. The van der Waals surface area contributed by atoms with Gasteiger partial charge in [-0.1, -0.05) is 35.9 Å². The van der Waals surface area contributed by atoms with Crippen LogP contribution in [0.1, 0.15) is 11.1 Å². The van der Waals surface area contributed by atoms with Crippen LogP contribution in [-0.4, -0.2) is 11.6 Å². The van der Waals surface area contributed by atoms with Crippen molar-refractivity contribution in [1.82, 2.24) is 9.88 Å². The lowest BCUT2D eigenvalue weighted by molar-refractivity contribution is 0.602. The Labute approximate surface area is 128 Å². The molecule has 3 rings (SSSR count). The minimum absolute atomic E-state index is 0.268. The van der Waals surface area contributed by atoms with Crippen molar-refractivity contribution in [2.75, 3.05) is 7.05 Å². The van der Waals surface area contributed by atoms with E-state index in [-0.39, 0.29) is 5.82 Å². The molecule has 108 valence electrons. The highest BCUT2D eigenvalue weighted by atomic mass is 35.5. The maximum atomic E-state index is 14.0. The summed E-state index contributed by atoms with van der Waals surface area (Å²) in [6, 6.07) is 13.0. The molecule has 0 radical (unpaired) electrons. The topological polar surface area (TPSA) is 17.0 Å². The molecule has 1 heterocycles. The highest BCUT2D eigenvalue weighted by molar-refractivity contribution is 6.31. The van der Waals surface area contributed by atoms with Gasteiger partial charge in [0.2, 0.25) is 0 Å². The fourth-order valence-electron chi connectivity index (χ4n) is 2.66. The number of nitrogens with zero attached hydrogens (tertiary/aromatic N) is 1. The molecule has 21 heavy (non-hydrogen) atoms. The van der Waals surface area contributed by atoms with Crippen LogP contribution in [0.15, 0.2) is 48.7 Å². The molecule has 4 heteroatoms. The number of hydrogen-bond acceptors (Lipinski definition) is 1. The summed E-state index contributed by atoms with van der Waals surface area (Å²) in [7, 11) is 1.92. The van der Waals surface area contributed by atoms with Crippen molar-refractivity contribution < 1.29 is 4.39 Å². The summed E-state index contributed by atoms with van der Waals surface area (Å²) < 4.78 is 16.0. The molecule has 0 saturated carbocycles. The highest BCUT2D eigenvalue weighted by Crippen LogP contribution is 2.25. The van der Waals surface area contributed by atoms with Crippen molar-refractivity contribution in [1.29, 1.82) is 0 Å². The van der Waals surface area contributed by atoms with Crippen molar-refractivity contribution >= 4 is 22.5 Å². The summed E-state index contributed by atoms with van der Waals surface area (Å²) in [5, 5.41) is 4.78. The zero-order chi connectivity index (χ0) is 14.8. The summed E-state index contributed by atoms with van der Waals surface area (Å²) in [5.41, 5.74) is 2.83. The average Bonchev–Trinajstić information content (AvgIpc) is 2.88. The standard InChI is InChI=1S/C17H16ClFN2/c1-20-10-13-5-2-4-12-8-9-21(17(12)13)11-14-15(18)6-3-7-16(14)19/h2-9,20H,10-11H2,1H3. The van der Waals surface area contributed by atoms with E-state index < -0.39 is 0 Å². The summed E-state index contributed by atoms with van der Waals surface area (Å²) in [5.74, 6) is -0.268. The summed E-state index contributed by atoms with van der Waals surface area (Å²) in [6.07, 6.45) is 1.98. The Kier molecular flexibility index (Phi) is 3.95. The lowest BCUT2D eigenvalue weighted by Crippen LogP contribution is -2.08. The SMILES string of the molecule is CNCc1cccc2ccn(Cc3c(F)cccc3Cl)c12. The molecule has 0 aliphatic rings. The van der Waals surface area contributed by atoms with Crippen LogP contribution < -0.4 is 5.32 Å². The van der Waals surface area contributed by atoms with Gasteiger partial charge in [-0.2, -0.15) is 0 Å². The predicted molar refractivity (Wildman–Crippen MR) is 85.2 cm³/mol. The second-order valence-corrected chi connectivity index (χ2v) is 5.44. The summed E-state index contributed by atoms with van der Waals surface area (Å²) in [4.78, 5) is 0. The highest BCUT2D eigenvalue weighted by Gasteiger charge is 2.11. The fourth-order valence-corrected chi connectivity index (χ4v) is 2.88. The first-order chi connectivity index (χ1) is 10.2. The summed E-state index contributed by atoms with van der Waals surface area (Å²) >= 11 is 6.13. The van der Waals surface area contributed by atoms with E-state index in [9.17, 15) is 4.39 Å². The smallest absolute Gasteiger partial charge is 0.129 e. The van der Waals surface area contributed by atoms with E-state index in [4.69, 9.17) is 11.6 Å². The quantitative estimate of drug-likeness (QED) is 0.764. The number of fused-ring (bicyclic) bond motifs is 1. The Morgan fingerprint density at radius 2 is 1.95 bits per heavy atom. The van der Waals surface area contributed by atoms with Crippen LogP contribution in [0.5, 0.6) is 0 Å². The maximum absolute atomic E-state index is 14.0. The van der Waals surface area contributed by atoms with Crippen LogP contribution >= 0.6 is 11.6 Å². The predicted octanol–water partition coefficient (Wildman–Crippen LogP) is 4.20. The van der Waals surface area contributed by atoms with Crippen LogP contribution in [0.25, 0.3) is 10.9 Å². The Morgan fingerprint density at radius 3 is 2.71 bits per heavy atom. The zero-order valence-electron chi connectivity index (χ0n) is 11.7. The Morgan fingerprint density at radius 1 is 1.14 bits per heavy atom. The van der Waals surface area contributed by atoms with E-state index in [1.165, 1.54) is 11.6 Å². The van der Waals surface area contributed by atoms with Gasteiger partial charge in [0.15, 0.2) is 0 Å². The van der Waals surface area contributed by atoms with Crippen molar-refractivity contribution in [2.45, 2.75) is 13.1 Å². The second kappa shape index (κ2) is 5.88. The molecule has 0 amide bonds. The van der Waals surface area contributed by atoms with Crippen LogP contribution in [0, 0.1) is 5.82 Å². The molecule has 1 aromatic heterocycles. The second-order valence-electron chi connectivity index (χ2n) is 5.03. The molecule has 0 fully saturated rings. The molecule has 2 aromatic carbocycles. The average molecular weight is 303 g/mol. The molecule has 0 aliphatic heterocycles. The fraction of sp³-hybridized carbons (Fsp3) is 0.176. The third-order valence-electron chi connectivity index (χ3n) is 3.63. The molecule has 0 unspecified atom stereocenters. The number of nitrogens with one attached hydrogen (secondary N) is 1. The number of aromatic nitrogens is 1. The Hall–Kier alpha value is -1.84. The lowest BCUT2D eigenvalue weighted by atomic mass is 10.1. The number of hydrogen-bond donors (Lipinski definition) is 1. The summed E-state index contributed by atoms with van der Waals surface area (Å²) in [6.45, 7) is 1.20. The van der Waals surface area contributed by atoms with Crippen molar-refractivity contribution in [3.8, 4) is 0 Å². The number of benzene rings is 2. The van der Waals surface area contributed by atoms with Crippen LogP contribution in [-0.2, 0) is 13.1 Å². The number of rotatable bonds is 4. The zero-order valence-corrected chi connectivity index (χ0v) is 12.5. The van der Waals surface area contributed by atoms with Gasteiger partial charge < -0.3 is 9.88 Å². The van der Waals surface area contributed by atoms with Gasteiger partial charge in [0.1, 0.15) is 5.82 Å². The van der Waals surface area contributed by atoms with E-state index in [2.05, 4.69) is 17.4 Å². The minimum Gasteiger partial charge on any atom is -0.343 e. The molecule has 3 aromatic rings. The van der Waals surface area contributed by atoms with E-state index in [1.54, 1.807) is 12.1 Å². The van der Waals surface area contributed by atoms with Crippen LogP contribution in [0.4, 0.5) is 4.39 Å². The largest absolute Gasteiger partial charge is 0.343 e. The molecule has 0 saturated heterocycles. The maximum Gasteiger partial charge on any atom is 0.129 e. The van der Waals surface area contributed by atoms with Gasteiger partial charge in [0, 0.05) is 23.3 Å². The third-order valence-corrected chi connectivity index (χ3v) is 3.98. The molecule has 0 spiro atoms. The molecule has 0 aliphatic carbocycles. The molecule has 1 N–H and O–H groups in total. The van der Waals surface area contributed by atoms with E-state index in [0.717, 1.165) is 17.4 Å². The molecule has 2 nitrogen and oxygen atoms in total.